The van der Waals surface area contributed by atoms with Gasteiger partial charge in [-0.15, -0.1) is 0 Å². The van der Waals surface area contributed by atoms with Crippen molar-refractivity contribution in [1.82, 2.24) is 14.9 Å². The zero-order chi connectivity index (χ0) is 24.0. The van der Waals surface area contributed by atoms with Crippen molar-refractivity contribution in [3.8, 4) is 0 Å². The van der Waals surface area contributed by atoms with Crippen LogP contribution in [0, 0.1) is 13.8 Å². The SMILES string of the molecule is C=CC(=O)NC1CCN(S(=O)(=O)c2ccc(C(=O)NCCc3ccc(C)c(C)c3)cc2)CC1. The standard InChI is InChI=1S/C25H31N3O4S/c1-4-24(29)27-22-12-15-28(16-13-22)33(31,32)23-9-7-21(8-10-23)25(30)26-14-11-20-6-5-18(2)19(3)17-20/h4-10,17,22H,1,11-16H2,2-3H3,(H,26,30)(H,27,29). The number of amides is 2. The Labute approximate surface area is 195 Å². The van der Waals surface area contributed by atoms with E-state index in [-0.39, 0.29) is 22.8 Å². The number of rotatable bonds is 8. The minimum absolute atomic E-state index is 0.0585. The van der Waals surface area contributed by atoms with Gasteiger partial charge in [-0.2, -0.15) is 4.31 Å². The van der Waals surface area contributed by atoms with Crippen LogP contribution in [0.3, 0.4) is 0 Å². The molecule has 0 unspecified atom stereocenters. The van der Waals surface area contributed by atoms with E-state index in [1.807, 2.05) is 0 Å². The Morgan fingerprint density at radius 3 is 2.33 bits per heavy atom. The van der Waals surface area contributed by atoms with E-state index >= 15 is 0 Å². The molecular weight excluding hydrogens is 438 g/mol. The van der Waals surface area contributed by atoms with Gasteiger partial charge in [0, 0.05) is 31.2 Å². The van der Waals surface area contributed by atoms with Crippen LogP contribution in [-0.2, 0) is 21.2 Å². The van der Waals surface area contributed by atoms with E-state index in [1.54, 1.807) is 0 Å². The fraction of sp³-hybridized carbons (Fsp3) is 0.360. The molecule has 0 bridgehead atoms. The Morgan fingerprint density at radius 1 is 1.06 bits per heavy atom. The van der Waals surface area contributed by atoms with Crippen LogP contribution < -0.4 is 10.6 Å². The highest BCUT2D eigenvalue weighted by molar-refractivity contribution is 7.89. The maximum absolute atomic E-state index is 13.0. The fourth-order valence-electron chi connectivity index (χ4n) is 3.81. The molecule has 8 heteroatoms. The molecule has 2 aromatic carbocycles. The van der Waals surface area contributed by atoms with E-state index in [9.17, 15) is 18.0 Å². The van der Waals surface area contributed by atoms with E-state index in [4.69, 9.17) is 0 Å². The molecule has 2 amide bonds. The summed E-state index contributed by atoms with van der Waals surface area (Å²) in [5.74, 6) is -0.485. The van der Waals surface area contributed by atoms with Crippen molar-refractivity contribution in [3.05, 3.63) is 77.4 Å². The van der Waals surface area contributed by atoms with E-state index in [2.05, 4.69) is 49.3 Å². The lowest BCUT2D eigenvalue weighted by atomic mass is 10.0. The Balaban J connectivity index is 1.54. The summed E-state index contributed by atoms with van der Waals surface area (Å²) < 4.78 is 27.3. The summed E-state index contributed by atoms with van der Waals surface area (Å²) in [6.45, 7) is 8.71. The Bertz CT molecular complexity index is 1120. The highest BCUT2D eigenvalue weighted by Gasteiger charge is 2.29. The number of sulfonamides is 1. The number of hydrogen-bond donors (Lipinski definition) is 2. The Kier molecular flexibility index (Phi) is 8.05. The van der Waals surface area contributed by atoms with Gasteiger partial charge >= 0.3 is 0 Å². The first-order chi connectivity index (χ1) is 15.7. The quantitative estimate of drug-likeness (QED) is 0.581. The molecule has 0 aliphatic carbocycles. The lowest BCUT2D eigenvalue weighted by Crippen LogP contribution is -2.46. The van der Waals surface area contributed by atoms with Gasteiger partial charge < -0.3 is 10.6 Å². The summed E-state index contributed by atoms with van der Waals surface area (Å²) in [4.78, 5) is 24.0. The van der Waals surface area contributed by atoms with Crippen LogP contribution in [0.2, 0.25) is 0 Å². The second-order valence-corrected chi connectivity index (χ2v) is 10.3. The number of carbonyl (C=O) groups excluding carboxylic acids is 2. The van der Waals surface area contributed by atoms with E-state index in [1.165, 1.54) is 45.8 Å². The monoisotopic (exact) mass is 469 g/mol. The van der Waals surface area contributed by atoms with Gasteiger partial charge in [-0.05, 0) is 80.1 Å². The summed E-state index contributed by atoms with van der Waals surface area (Å²) in [5.41, 5.74) is 4.04. The summed E-state index contributed by atoms with van der Waals surface area (Å²) in [6.07, 6.45) is 3.02. The van der Waals surface area contributed by atoms with Crippen molar-refractivity contribution in [3.63, 3.8) is 0 Å². The van der Waals surface area contributed by atoms with Crippen molar-refractivity contribution in [2.75, 3.05) is 19.6 Å². The number of nitrogens with one attached hydrogen (secondary N) is 2. The molecule has 2 aromatic rings. The van der Waals surface area contributed by atoms with Crippen LogP contribution in [0.25, 0.3) is 0 Å². The first-order valence-corrected chi connectivity index (χ1v) is 12.5. The number of carbonyl (C=O) groups is 2. The second kappa shape index (κ2) is 10.8. The molecule has 1 heterocycles. The number of piperidine rings is 1. The molecule has 0 saturated carbocycles. The highest BCUT2D eigenvalue weighted by atomic mass is 32.2. The summed E-state index contributed by atoms with van der Waals surface area (Å²) in [5, 5.41) is 5.70. The number of hydrogen-bond acceptors (Lipinski definition) is 4. The molecule has 0 radical (unpaired) electrons. The molecule has 1 aliphatic heterocycles. The molecule has 7 nitrogen and oxygen atoms in total. The van der Waals surface area contributed by atoms with Crippen LogP contribution >= 0.6 is 0 Å². The predicted molar refractivity (Wildman–Crippen MR) is 129 cm³/mol. The molecule has 33 heavy (non-hydrogen) atoms. The maximum atomic E-state index is 13.0. The molecule has 176 valence electrons. The molecule has 1 saturated heterocycles. The van der Waals surface area contributed by atoms with Gasteiger partial charge in [-0.25, -0.2) is 8.42 Å². The maximum Gasteiger partial charge on any atom is 0.251 e. The van der Waals surface area contributed by atoms with Crippen molar-refractivity contribution in [1.29, 1.82) is 0 Å². The lowest BCUT2D eigenvalue weighted by molar-refractivity contribution is -0.117. The number of nitrogens with zero attached hydrogens (tertiary/aromatic N) is 1. The lowest BCUT2D eigenvalue weighted by Gasteiger charge is -2.31. The van der Waals surface area contributed by atoms with Gasteiger partial charge in [0.2, 0.25) is 15.9 Å². The molecule has 0 aromatic heterocycles. The smallest absolute Gasteiger partial charge is 0.251 e. The minimum Gasteiger partial charge on any atom is -0.352 e. The van der Waals surface area contributed by atoms with Crippen molar-refractivity contribution in [2.24, 2.45) is 0 Å². The topological polar surface area (TPSA) is 95.6 Å². The predicted octanol–water partition coefficient (Wildman–Crippen LogP) is 2.73. The third-order valence-electron chi connectivity index (χ3n) is 6.01. The summed E-state index contributed by atoms with van der Waals surface area (Å²) in [6, 6.07) is 12.2. The molecular formula is C25H31N3O4S. The van der Waals surface area contributed by atoms with E-state index in [0.717, 1.165) is 12.0 Å². The van der Waals surface area contributed by atoms with Crippen molar-refractivity contribution >= 4 is 21.8 Å². The molecule has 1 aliphatic rings. The summed E-state index contributed by atoms with van der Waals surface area (Å²) >= 11 is 0. The molecule has 0 atom stereocenters. The van der Waals surface area contributed by atoms with Crippen molar-refractivity contribution < 1.29 is 18.0 Å². The zero-order valence-corrected chi connectivity index (χ0v) is 20.0. The first kappa shape index (κ1) is 24.7. The molecule has 1 fully saturated rings. The van der Waals surface area contributed by atoms with Gasteiger partial charge in [0.15, 0.2) is 0 Å². The largest absolute Gasteiger partial charge is 0.352 e. The van der Waals surface area contributed by atoms with Gasteiger partial charge in [0.05, 0.1) is 4.90 Å². The Hall–Kier alpha value is -2.97. The van der Waals surface area contributed by atoms with Gasteiger partial charge in [0.1, 0.15) is 0 Å². The average molecular weight is 470 g/mol. The second-order valence-electron chi connectivity index (χ2n) is 8.34. The van der Waals surface area contributed by atoms with Gasteiger partial charge in [-0.1, -0.05) is 24.8 Å². The molecule has 3 rings (SSSR count). The molecule has 2 N–H and O–H groups in total. The minimum atomic E-state index is -3.65. The van der Waals surface area contributed by atoms with Crippen LogP contribution in [0.15, 0.2) is 60.0 Å². The fourth-order valence-corrected chi connectivity index (χ4v) is 5.28. The highest BCUT2D eigenvalue weighted by Crippen LogP contribution is 2.21. The molecule has 0 spiro atoms. The van der Waals surface area contributed by atoms with Crippen LogP contribution in [0.4, 0.5) is 0 Å². The van der Waals surface area contributed by atoms with E-state index < -0.39 is 10.0 Å². The van der Waals surface area contributed by atoms with Crippen LogP contribution in [0.1, 0.15) is 39.9 Å². The van der Waals surface area contributed by atoms with Crippen LogP contribution in [-0.4, -0.2) is 50.2 Å². The third kappa shape index (κ3) is 6.30. The van der Waals surface area contributed by atoms with Crippen LogP contribution in [0.5, 0.6) is 0 Å². The summed E-state index contributed by atoms with van der Waals surface area (Å²) in [7, 11) is -3.65. The van der Waals surface area contributed by atoms with Crippen molar-refractivity contribution in [2.45, 2.75) is 44.0 Å². The van der Waals surface area contributed by atoms with Gasteiger partial charge in [-0.3, -0.25) is 9.59 Å². The van der Waals surface area contributed by atoms with Gasteiger partial charge in [0.25, 0.3) is 5.91 Å². The van der Waals surface area contributed by atoms with E-state index in [0.29, 0.717) is 38.0 Å². The normalized spacial score (nSPS) is 15.1. The zero-order valence-electron chi connectivity index (χ0n) is 19.1. The average Bonchev–Trinajstić information content (AvgIpc) is 2.81. The Morgan fingerprint density at radius 2 is 1.73 bits per heavy atom. The first-order valence-electron chi connectivity index (χ1n) is 11.1. The number of benzene rings is 2. The number of aryl methyl sites for hydroxylation is 2. The third-order valence-corrected chi connectivity index (χ3v) is 7.92.